The minimum atomic E-state index is -0.942. The van der Waals surface area contributed by atoms with Gasteiger partial charge in [-0.1, -0.05) is 17.7 Å². The highest BCUT2D eigenvalue weighted by Gasteiger charge is 1.84. The third kappa shape index (κ3) is 5.38. The lowest BCUT2D eigenvalue weighted by atomic mass is 10.3. The third-order valence-electron chi connectivity index (χ3n) is 0.888. The SMILES string of the molecule is CC(=C/CCl)/C=C/C(=O)O. The van der Waals surface area contributed by atoms with Gasteiger partial charge in [-0.2, -0.15) is 0 Å². The van der Waals surface area contributed by atoms with Crippen LogP contribution in [-0.2, 0) is 4.79 Å². The highest BCUT2D eigenvalue weighted by Crippen LogP contribution is 1.94. The van der Waals surface area contributed by atoms with Gasteiger partial charge in [0, 0.05) is 12.0 Å². The highest BCUT2D eigenvalue weighted by molar-refractivity contribution is 6.18. The van der Waals surface area contributed by atoms with E-state index >= 15 is 0 Å². The van der Waals surface area contributed by atoms with Crippen LogP contribution in [0.3, 0.4) is 0 Å². The number of halogens is 1. The monoisotopic (exact) mass is 160 g/mol. The van der Waals surface area contributed by atoms with Crippen molar-refractivity contribution in [1.82, 2.24) is 0 Å². The van der Waals surface area contributed by atoms with Crippen molar-refractivity contribution in [2.45, 2.75) is 6.92 Å². The molecular formula is C7H9ClO2. The van der Waals surface area contributed by atoms with Crippen LogP contribution in [0.1, 0.15) is 6.92 Å². The molecule has 0 spiro atoms. The average molecular weight is 161 g/mol. The highest BCUT2D eigenvalue weighted by atomic mass is 35.5. The summed E-state index contributed by atoms with van der Waals surface area (Å²) in [7, 11) is 0. The van der Waals surface area contributed by atoms with E-state index < -0.39 is 5.97 Å². The Kier molecular flexibility index (Phi) is 4.67. The third-order valence-corrected chi connectivity index (χ3v) is 1.04. The minimum Gasteiger partial charge on any atom is -0.478 e. The van der Waals surface area contributed by atoms with E-state index in [1.807, 2.05) is 0 Å². The second-order valence-corrected chi connectivity index (χ2v) is 2.08. The van der Waals surface area contributed by atoms with Crippen LogP contribution in [0.4, 0.5) is 0 Å². The van der Waals surface area contributed by atoms with Gasteiger partial charge in [0.1, 0.15) is 0 Å². The Morgan fingerprint density at radius 1 is 1.60 bits per heavy atom. The number of alkyl halides is 1. The van der Waals surface area contributed by atoms with E-state index in [0.29, 0.717) is 5.88 Å². The number of rotatable bonds is 3. The molecule has 3 heteroatoms. The summed E-state index contributed by atoms with van der Waals surface area (Å²) < 4.78 is 0. The van der Waals surface area contributed by atoms with Crippen LogP contribution >= 0.6 is 11.6 Å². The molecule has 0 amide bonds. The minimum absolute atomic E-state index is 0.412. The average Bonchev–Trinajstić information content (AvgIpc) is 1.85. The molecule has 0 aliphatic carbocycles. The molecule has 56 valence electrons. The maximum Gasteiger partial charge on any atom is 0.328 e. The molecule has 0 unspecified atom stereocenters. The van der Waals surface area contributed by atoms with Crippen LogP contribution in [-0.4, -0.2) is 17.0 Å². The summed E-state index contributed by atoms with van der Waals surface area (Å²) in [5.74, 6) is -0.530. The maximum atomic E-state index is 9.96. The Hall–Kier alpha value is -0.760. The largest absolute Gasteiger partial charge is 0.478 e. The molecule has 0 aromatic heterocycles. The predicted octanol–water partition coefficient (Wildman–Crippen LogP) is 1.81. The Morgan fingerprint density at radius 2 is 2.20 bits per heavy atom. The van der Waals surface area contributed by atoms with E-state index in [1.165, 1.54) is 6.08 Å². The number of aliphatic carboxylic acids is 1. The van der Waals surface area contributed by atoms with Crippen molar-refractivity contribution in [3.63, 3.8) is 0 Å². The van der Waals surface area contributed by atoms with Crippen molar-refractivity contribution < 1.29 is 9.90 Å². The topological polar surface area (TPSA) is 37.3 Å². The smallest absolute Gasteiger partial charge is 0.328 e. The van der Waals surface area contributed by atoms with Crippen LogP contribution in [0, 0.1) is 0 Å². The van der Waals surface area contributed by atoms with E-state index in [2.05, 4.69) is 0 Å². The molecule has 0 aliphatic heterocycles. The normalized spacial score (nSPS) is 12.4. The lowest BCUT2D eigenvalue weighted by Gasteiger charge is -1.85. The molecule has 0 atom stereocenters. The molecule has 0 rings (SSSR count). The molecule has 10 heavy (non-hydrogen) atoms. The summed E-state index contributed by atoms with van der Waals surface area (Å²) in [6.45, 7) is 1.79. The number of carbonyl (C=O) groups is 1. The number of hydrogen-bond acceptors (Lipinski definition) is 1. The zero-order valence-electron chi connectivity index (χ0n) is 5.67. The van der Waals surface area contributed by atoms with Gasteiger partial charge < -0.3 is 5.11 Å². The summed E-state index contributed by atoms with van der Waals surface area (Å²) in [6, 6.07) is 0. The van der Waals surface area contributed by atoms with Crippen LogP contribution in [0.2, 0.25) is 0 Å². The van der Waals surface area contributed by atoms with Crippen molar-refractivity contribution >= 4 is 17.6 Å². The summed E-state index contributed by atoms with van der Waals surface area (Å²) in [5.41, 5.74) is 0.859. The fourth-order valence-corrected chi connectivity index (χ4v) is 0.636. The number of carboxylic acids is 1. The molecule has 0 fully saturated rings. The van der Waals surface area contributed by atoms with Gasteiger partial charge in [-0.3, -0.25) is 0 Å². The lowest BCUT2D eigenvalue weighted by Crippen LogP contribution is -1.85. The van der Waals surface area contributed by atoms with Gasteiger partial charge >= 0.3 is 5.97 Å². The first-order valence-electron chi connectivity index (χ1n) is 2.80. The van der Waals surface area contributed by atoms with Gasteiger partial charge in [-0.25, -0.2) is 4.79 Å². The first-order chi connectivity index (χ1) is 4.66. The molecule has 2 nitrogen and oxygen atoms in total. The van der Waals surface area contributed by atoms with Crippen LogP contribution in [0.25, 0.3) is 0 Å². The summed E-state index contributed by atoms with van der Waals surface area (Å²) in [5, 5.41) is 8.18. The molecule has 0 heterocycles. The zero-order chi connectivity index (χ0) is 7.98. The van der Waals surface area contributed by atoms with Crippen molar-refractivity contribution in [3.8, 4) is 0 Å². The van der Waals surface area contributed by atoms with Gasteiger partial charge in [-0.05, 0) is 6.92 Å². The van der Waals surface area contributed by atoms with Crippen molar-refractivity contribution in [1.29, 1.82) is 0 Å². The summed E-state index contributed by atoms with van der Waals surface area (Å²) >= 11 is 5.35. The van der Waals surface area contributed by atoms with E-state index in [-0.39, 0.29) is 0 Å². The van der Waals surface area contributed by atoms with E-state index in [9.17, 15) is 4.79 Å². The Bertz CT molecular complexity index is 170. The molecule has 0 aliphatic rings. The fraction of sp³-hybridized carbons (Fsp3) is 0.286. The van der Waals surface area contributed by atoms with Crippen LogP contribution < -0.4 is 0 Å². The van der Waals surface area contributed by atoms with Gasteiger partial charge in [0.05, 0.1) is 0 Å². The Labute approximate surface area is 64.8 Å². The van der Waals surface area contributed by atoms with Gasteiger partial charge in [-0.15, -0.1) is 11.6 Å². The number of hydrogen-bond donors (Lipinski definition) is 1. The second-order valence-electron chi connectivity index (χ2n) is 1.77. The standard InChI is InChI=1S/C7H9ClO2/c1-6(4-5-8)2-3-7(9)10/h2-4H,5H2,1H3,(H,9,10)/b3-2+,6-4-. The first kappa shape index (κ1) is 9.24. The zero-order valence-corrected chi connectivity index (χ0v) is 6.43. The first-order valence-corrected chi connectivity index (χ1v) is 3.34. The summed E-state index contributed by atoms with van der Waals surface area (Å²) in [4.78, 5) is 9.96. The Balaban J connectivity index is 3.89. The molecule has 0 aromatic rings. The second kappa shape index (κ2) is 5.06. The van der Waals surface area contributed by atoms with Gasteiger partial charge in [0.25, 0.3) is 0 Å². The number of allylic oxidation sites excluding steroid dienone is 3. The number of carboxylic acid groups (broad SMARTS) is 1. The maximum absolute atomic E-state index is 9.96. The predicted molar refractivity (Wildman–Crippen MR) is 41.3 cm³/mol. The quantitative estimate of drug-likeness (QED) is 0.389. The van der Waals surface area contributed by atoms with Gasteiger partial charge in [0.2, 0.25) is 0 Å². The molecule has 0 saturated carbocycles. The van der Waals surface area contributed by atoms with Crippen molar-refractivity contribution in [2.24, 2.45) is 0 Å². The molecule has 0 saturated heterocycles. The molecule has 1 N–H and O–H groups in total. The lowest BCUT2D eigenvalue weighted by molar-refractivity contribution is -0.131. The van der Waals surface area contributed by atoms with E-state index in [4.69, 9.17) is 16.7 Å². The van der Waals surface area contributed by atoms with E-state index in [1.54, 1.807) is 13.0 Å². The van der Waals surface area contributed by atoms with Crippen molar-refractivity contribution in [3.05, 3.63) is 23.8 Å². The molecule has 0 radical (unpaired) electrons. The summed E-state index contributed by atoms with van der Waals surface area (Å²) in [6.07, 6.45) is 4.32. The Morgan fingerprint density at radius 3 is 2.60 bits per heavy atom. The van der Waals surface area contributed by atoms with Gasteiger partial charge in [0.15, 0.2) is 0 Å². The molecule has 0 bridgehead atoms. The molecule has 0 aromatic carbocycles. The van der Waals surface area contributed by atoms with Crippen LogP contribution in [0.15, 0.2) is 23.8 Å². The van der Waals surface area contributed by atoms with Crippen molar-refractivity contribution in [2.75, 3.05) is 5.88 Å². The molecular weight excluding hydrogens is 152 g/mol. The fourth-order valence-electron chi connectivity index (χ4n) is 0.392. The van der Waals surface area contributed by atoms with Crippen LogP contribution in [0.5, 0.6) is 0 Å². The van der Waals surface area contributed by atoms with E-state index in [0.717, 1.165) is 11.6 Å².